The highest BCUT2D eigenvalue weighted by molar-refractivity contribution is 7.13. The van der Waals surface area contributed by atoms with E-state index in [2.05, 4.69) is 0 Å². The van der Waals surface area contributed by atoms with E-state index in [1.807, 2.05) is 6.07 Å². The van der Waals surface area contributed by atoms with Crippen LogP contribution in [0.1, 0.15) is 57.9 Å². The number of aryl methyl sites for hydroxylation is 3. The Hall–Kier alpha value is -2.78. The summed E-state index contributed by atoms with van der Waals surface area (Å²) in [7, 11) is 0. The normalized spacial score (nSPS) is 17.5. The number of esters is 1. The van der Waals surface area contributed by atoms with Crippen molar-refractivity contribution in [1.29, 1.82) is 0 Å². The molecule has 0 saturated carbocycles. The Morgan fingerprint density at radius 2 is 1.97 bits per heavy atom. The molecule has 1 aliphatic heterocycles. The van der Waals surface area contributed by atoms with Gasteiger partial charge in [0.2, 0.25) is 0 Å². The molecule has 2 atom stereocenters. The van der Waals surface area contributed by atoms with Crippen LogP contribution in [-0.4, -0.2) is 53.5 Å². The van der Waals surface area contributed by atoms with E-state index in [9.17, 15) is 23.5 Å². The SMILES string of the molecule is Cc1cc(C)cc(C(F)(F)[C@H](O)/C=C/[C@H]2CCOC(=O)N2CCCc2ccc(C(=O)OC(C)C)s2)c1. The maximum Gasteiger partial charge on any atom is 0.410 e. The van der Waals surface area contributed by atoms with Gasteiger partial charge >= 0.3 is 18.0 Å². The number of rotatable bonds is 10. The molecule has 9 heteroatoms. The lowest BCUT2D eigenvalue weighted by atomic mass is 9.98. The van der Waals surface area contributed by atoms with Gasteiger partial charge in [0.1, 0.15) is 11.0 Å². The van der Waals surface area contributed by atoms with E-state index in [4.69, 9.17) is 9.47 Å². The number of hydrogen-bond acceptors (Lipinski definition) is 6. The molecule has 2 aromatic rings. The molecular formula is C27H33F2NO5S. The van der Waals surface area contributed by atoms with Crippen molar-refractivity contribution in [2.24, 2.45) is 0 Å². The van der Waals surface area contributed by atoms with Crippen molar-refractivity contribution in [2.75, 3.05) is 13.2 Å². The molecular weight excluding hydrogens is 488 g/mol. The van der Waals surface area contributed by atoms with E-state index in [-0.39, 0.29) is 24.2 Å². The van der Waals surface area contributed by atoms with Gasteiger partial charge in [-0.05, 0) is 64.8 Å². The Labute approximate surface area is 214 Å². The van der Waals surface area contributed by atoms with Crippen molar-refractivity contribution in [3.8, 4) is 0 Å². The number of nitrogens with zero attached hydrogens (tertiary/aromatic N) is 1. The molecule has 1 saturated heterocycles. The largest absolute Gasteiger partial charge is 0.459 e. The van der Waals surface area contributed by atoms with Crippen molar-refractivity contribution in [1.82, 2.24) is 4.90 Å². The van der Waals surface area contributed by atoms with Gasteiger partial charge in [-0.15, -0.1) is 11.3 Å². The highest BCUT2D eigenvalue weighted by Gasteiger charge is 2.39. The third-order valence-electron chi connectivity index (χ3n) is 5.80. The Bertz CT molecular complexity index is 1080. The zero-order chi connectivity index (χ0) is 26.5. The zero-order valence-corrected chi connectivity index (χ0v) is 21.8. The molecule has 196 valence electrons. The second kappa shape index (κ2) is 12.0. The quantitative estimate of drug-likeness (QED) is 0.317. The fourth-order valence-corrected chi connectivity index (χ4v) is 5.04. The minimum Gasteiger partial charge on any atom is -0.459 e. The number of benzene rings is 1. The van der Waals surface area contributed by atoms with Gasteiger partial charge in [0.05, 0.1) is 18.8 Å². The number of aliphatic hydroxyl groups excluding tert-OH is 1. The van der Waals surface area contributed by atoms with Gasteiger partial charge in [-0.25, -0.2) is 9.59 Å². The first-order valence-electron chi connectivity index (χ1n) is 12.0. The molecule has 6 nitrogen and oxygen atoms in total. The predicted molar refractivity (Wildman–Crippen MR) is 135 cm³/mol. The van der Waals surface area contributed by atoms with Crippen molar-refractivity contribution in [3.05, 3.63) is 68.9 Å². The highest BCUT2D eigenvalue weighted by atomic mass is 32.1. The summed E-state index contributed by atoms with van der Waals surface area (Å²) in [6, 6.07) is 7.65. The van der Waals surface area contributed by atoms with Crippen LogP contribution in [0.2, 0.25) is 0 Å². The summed E-state index contributed by atoms with van der Waals surface area (Å²) in [5.74, 6) is -3.83. The summed E-state index contributed by atoms with van der Waals surface area (Å²) < 4.78 is 40.2. The van der Waals surface area contributed by atoms with Gasteiger partial charge in [-0.3, -0.25) is 0 Å². The number of carbonyl (C=O) groups excluding carboxylic acids is 2. The third-order valence-corrected chi connectivity index (χ3v) is 6.92. The summed E-state index contributed by atoms with van der Waals surface area (Å²) in [6.07, 6.45) is 1.46. The Morgan fingerprint density at radius 3 is 2.64 bits per heavy atom. The number of amides is 1. The van der Waals surface area contributed by atoms with E-state index in [0.717, 1.165) is 11.0 Å². The van der Waals surface area contributed by atoms with Crippen LogP contribution in [0.3, 0.4) is 0 Å². The smallest absolute Gasteiger partial charge is 0.410 e. The number of carbonyl (C=O) groups is 2. The molecule has 1 fully saturated rings. The van der Waals surface area contributed by atoms with Gasteiger partial charge in [0, 0.05) is 23.4 Å². The van der Waals surface area contributed by atoms with E-state index in [0.29, 0.717) is 41.8 Å². The van der Waals surface area contributed by atoms with Crippen LogP contribution in [0.5, 0.6) is 0 Å². The number of thiophene rings is 1. The maximum absolute atomic E-state index is 14.9. The minimum absolute atomic E-state index is 0.181. The van der Waals surface area contributed by atoms with Gasteiger partial charge in [0.25, 0.3) is 0 Å². The van der Waals surface area contributed by atoms with Crippen LogP contribution in [0.25, 0.3) is 0 Å². The van der Waals surface area contributed by atoms with Crippen LogP contribution in [-0.2, 0) is 21.8 Å². The molecule has 1 aromatic carbocycles. The third kappa shape index (κ3) is 7.13. The van der Waals surface area contributed by atoms with Crippen LogP contribution in [0, 0.1) is 13.8 Å². The second-order valence-corrected chi connectivity index (χ2v) is 10.5. The van der Waals surface area contributed by atoms with Gasteiger partial charge in [-0.2, -0.15) is 8.78 Å². The summed E-state index contributed by atoms with van der Waals surface area (Å²) in [5.41, 5.74) is 1.14. The van der Waals surface area contributed by atoms with Gasteiger partial charge in [-0.1, -0.05) is 29.3 Å². The summed E-state index contributed by atoms with van der Waals surface area (Å²) in [6.45, 7) is 7.57. The van der Waals surface area contributed by atoms with Crippen molar-refractivity contribution in [2.45, 2.75) is 71.1 Å². The molecule has 2 heterocycles. The molecule has 1 aliphatic rings. The summed E-state index contributed by atoms with van der Waals surface area (Å²) in [4.78, 5) is 27.4. The summed E-state index contributed by atoms with van der Waals surface area (Å²) in [5, 5.41) is 10.3. The van der Waals surface area contributed by atoms with Crippen LogP contribution < -0.4 is 0 Å². The number of ether oxygens (including phenoxy) is 2. The predicted octanol–water partition coefficient (Wildman–Crippen LogP) is 5.78. The van der Waals surface area contributed by atoms with E-state index < -0.39 is 24.2 Å². The Kier molecular flexibility index (Phi) is 9.24. The lowest BCUT2D eigenvalue weighted by Crippen LogP contribution is -2.45. The first kappa shape index (κ1) is 27.8. The molecule has 0 radical (unpaired) electrons. The number of halogens is 2. The van der Waals surface area contributed by atoms with E-state index in [1.165, 1.54) is 34.4 Å². The molecule has 1 N–H and O–H groups in total. The zero-order valence-electron chi connectivity index (χ0n) is 21.0. The van der Waals surface area contributed by atoms with Crippen molar-refractivity contribution >= 4 is 23.4 Å². The number of cyclic esters (lactones) is 1. The molecule has 3 rings (SSSR count). The maximum atomic E-state index is 14.9. The van der Waals surface area contributed by atoms with Crippen molar-refractivity contribution in [3.63, 3.8) is 0 Å². The van der Waals surface area contributed by atoms with Crippen molar-refractivity contribution < 1.29 is 33.0 Å². The first-order chi connectivity index (χ1) is 17.0. The fourth-order valence-electron chi connectivity index (χ4n) is 4.11. The summed E-state index contributed by atoms with van der Waals surface area (Å²) >= 11 is 1.35. The molecule has 36 heavy (non-hydrogen) atoms. The molecule has 0 unspecified atom stereocenters. The van der Waals surface area contributed by atoms with Crippen LogP contribution >= 0.6 is 11.3 Å². The average molecular weight is 522 g/mol. The van der Waals surface area contributed by atoms with E-state index >= 15 is 0 Å². The second-order valence-electron chi connectivity index (χ2n) is 9.32. The highest BCUT2D eigenvalue weighted by Crippen LogP contribution is 2.34. The monoisotopic (exact) mass is 521 g/mol. The molecule has 1 aromatic heterocycles. The van der Waals surface area contributed by atoms with Gasteiger partial charge < -0.3 is 19.5 Å². The number of hydrogen-bond donors (Lipinski definition) is 1. The first-order valence-corrected chi connectivity index (χ1v) is 12.8. The number of alkyl halides is 2. The fraction of sp³-hybridized carbons (Fsp3) is 0.481. The Morgan fingerprint density at radius 1 is 1.28 bits per heavy atom. The lowest BCUT2D eigenvalue weighted by Gasteiger charge is -2.33. The molecule has 0 aliphatic carbocycles. The van der Waals surface area contributed by atoms with Gasteiger partial charge in [0.15, 0.2) is 0 Å². The minimum atomic E-state index is -3.47. The number of aliphatic hydroxyl groups is 1. The van der Waals surface area contributed by atoms with Crippen LogP contribution in [0.4, 0.5) is 13.6 Å². The molecule has 1 amide bonds. The topological polar surface area (TPSA) is 76.1 Å². The molecule has 0 bridgehead atoms. The lowest BCUT2D eigenvalue weighted by molar-refractivity contribution is -0.0930. The van der Waals surface area contributed by atoms with Crippen LogP contribution in [0.15, 0.2) is 42.5 Å². The van der Waals surface area contributed by atoms with E-state index in [1.54, 1.807) is 39.8 Å². The molecule has 0 spiro atoms. The average Bonchev–Trinajstić information content (AvgIpc) is 3.27. The Balaban J connectivity index is 1.61. The standard InChI is InChI=1S/C27H33F2NO5S/c1-17(2)35-25(32)23-9-8-22(36-23)6-5-12-30-21(11-13-34-26(30)33)7-10-24(31)27(28,29)20-15-18(3)14-19(4)16-20/h7-10,14-17,21,24,31H,5-6,11-13H2,1-4H3/b10-7+/t21-,24+/m0/s1.